The fraction of sp³-hybridized carbons (Fsp3) is 0.385. The van der Waals surface area contributed by atoms with Crippen molar-refractivity contribution in [3.8, 4) is 0 Å². The van der Waals surface area contributed by atoms with Crippen LogP contribution >= 0.6 is 11.6 Å². The molecule has 2 rings (SSSR count). The molecule has 0 radical (unpaired) electrons. The lowest BCUT2D eigenvalue weighted by Crippen LogP contribution is -2.43. The Kier molecular flexibility index (Phi) is 3.07. The van der Waals surface area contributed by atoms with Crippen LogP contribution in [0.2, 0.25) is 5.02 Å². The highest BCUT2D eigenvalue weighted by Crippen LogP contribution is 2.36. The Morgan fingerprint density at radius 2 is 1.83 bits per heavy atom. The third-order valence-corrected chi connectivity index (χ3v) is 3.65. The number of amides is 1. The van der Waals surface area contributed by atoms with Crippen molar-refractivity contribution in [1.82, 2.24) is 5.32 Å². The van der Waals surface area contributed by atoms with Gasteiger partial charge in [0.05, 0.1) is 10.6 Å². The van der Waals surface area contributed by atoms with Gasteiger partial charge in [0.2, 0.25) is 0 Å². The molecule has 1 aliphatic rings. The molecule has 1 aromatic carbocycles. The third kappa shape index (κ3) is 2.20. The molecule has 0 bridgehead atoms. The minimum absolute atomic E-state index is 0.326. The van der Waals surface area contributed by atoms with E-state index in [4.69, 9.17) is 16.7 Å². The Labute approximate surface area is 110 Å². The second kappa shape index (κ2) is 4.28. The predicted octanol–water partition coefficient (Wildman–Crippen LogP) is 2.30. The summed E-state index contributed by atoms with van der Waals surface area (Å²) in [4.78, 5) is 23.0. The number of aliphatic carboxylic acids is 1. The fourth-order valence-corrected chi connectivity index (χ4v) is 2.06. The Morgan fingerprint density at radius 3 is 2.33 bits per heavy atom. The first kappa shape index (κ1) is 12.9. The van der Waals surface area contributed by atoms with Crippen molar-refractivity contribution >= 4 is 23.5 Å². The molecule has 0 atom stereocenters. The van der Waals surface area contributed by atoms with Gasteiger partial charge in [-0.3, -0.25) is 4.79 Å². The van der Waals surface area contributed by atoms with Crippen molar-refractivity contribution in [1.29, 1.82) is 0 Å². The van der Waals surface area contributed by atoms with Gasteiger partial charge in [-0.1, -0.05) is 11.6 Å². The first-order chi connectivity index (χ1) is 8.35. The van der Waals surface area contributed by atoms with E-state index in [2.05, 4.69) is 5.32 Å². The van der Waals surface area contributed by atoms with E-state index in [-0.39, 0.29) is 0 Å². The molecule has 0 aliphatic heterocycles. The van der Waals surface area contributed by atoms with Crippen LogP contribution in [0.3, 0.4) is 0 Å². The van der Waals surface area contributed by atoms with Crippen LogP contribution in [-0.2, 0) is 4.79 Å². The normalized spacial score (nSPS) is 16.2. The van der Waals surface area contributed by atoms with Crippen LogP contribution in [0.25, 0.3) is 0 Å². The topological polar surface area (TPSA) is 66.4 Å². The summed E-state index contributed by atoms with van der Waals surface area (Å²) in [7, 11) is 0. The average molecular weight is 268 g/mol. The van der Waals surface area contributed by atoms with Crippen molar-refractivity contribution in [3.05, 3.63) is 33.8 Å². The highest BCUT2D eigenvalue weighted by Gasteiger charge is 2.51. The monoisotopic (exact) mass is 267 g/mol. The number of carboxylic acid groups (broad SMARTS) is 1. The van der Waals surface area contributed by atoms with Gasteiger partial charge in [-0.2, -0.15) is 0 Å². The van der Waals surface area contributed by atoms with Crippen molar-refractivity contribution in [2.45, 2.75) is 32.2 Å². The highest BCUT2D eigenvalue weighted by atomic mass is 35.5. The van der Waals surface area contributed by atoms with Crippen molar-refractivity contribution < 1.29 is 14.7 Å². The molecule has 0 heterocycles. The number of carbonyl (C=O) groups excluding carboxylic acids is 1. The van der Waals surface area contributed by atoms with Gasteiger partial charge in [-0.25, -0.2) is 4.79 Å². The number of benzene rings is 1. The van der Waals surface area contributed by atoms with E-state index in [1.54, 1.807) is 12.1 Å². The van der Waals surface area contributed by atoms with Crippen LogP contribution in [0.4, 0.5) is 0 Å². The smallest absolute Gasteiger partial charge is 0.329 e. The van der Waals surface area contributed by atoms with E-state index in [1.807, 2.05) is 13.8 Å². The predicted molar refractivity (Wildman–Crippen MR) is 68.0 cm³/mol. The van der Waals surface area contributed by atoms with E-state index >= 15 is 0 Å². The zero-order chi connectivity index (χ0) is 13.5. The number of nitrogens with one attached hydrogen (secondary N) is 1. The van der Waals surface area contributed by atoms with Crippen LogP contribution in [0.15, 0.2) is 12.1 Å². The summed E-state index contributed by atoms with van der Waals surface area (Å²) in [5.74, 6) is -1.42. The second-order valence-electron chi connectivity index (χ2n) is 4.76. The summed E-state index contributed by atoms with van der Waals surface area (Å²) in [6.45, 7) is 3.79. The lowest BCUT2D eigenvalue weighted by Gasteiger charge is -2.14. The molecule has 0 unspecified atom stereocenters. The first-order valence-electron chi connectivity index (χ1n) is 5.68. The number of hydrogen-bond donors (Lipinski definition) is 2. The summed E-state index contributed by atoms with van der Waals surface area (Å²) < 4.78 is 0. The quantitative estimate of drug-likeness (QED) is 0.883. The Hall–Kier alpha value is -1.55. The standard InChI is InChI=1S/C13H14ClNO3/c1-7-5-9(10(14)6-8(7)2)11(16)15-13(3-4-13)12(17)18/h5-6H,3-4H2,1-2H3,(H,15,16)(H,17,18). The number of carbonyl (C=O) groups is 2. The van der Waals surface area contributed by atoms with Gasteiger partial charge < -0.3 is 10.4 Å². The molecule has 96 valence electrons. The molecular formula is C13H14ClNO3. The lowest BCUT2D eigenvalue weighted by molar-refractivity contribution is -0.140. The minimum atomic E-state index is -1.08. The maximum absolute atomic E-state index is 12.0. The number of halogens is 1. The Balaban J connectivity index is 2.25. The van der Waals surface area contributed by atoms with Gasteiger partial charge in [-0.15, -0.1) is 0 Å². The van der Waals surface area contributed by atoms with E-state index in [0.717, 1.165) is 11.1 Å². The largest absolute Gasteiger partial charge is 0.480 e. The minimum Gasteiger partial charge on any atom is -0.480 e. The number of hydrogen-bond acceptors (Lipinski definition) is 2. The fourth-order valence-electron chi connectivity index (χ4n) is 1.76. The molecule has 4 nitrogen and oxygen atoms in total. The van der Waals surface area contributed by atoms with E-state index in [9.17, 15) is 9.59 Å². The van der Waals surface area contributed by atoms with Crippen LogP contribution in [-0.4, -0.2) is 22.5 Å². The van der Waals surface area contributed by atoms with Crippen molar-refractivity contribution in [2.24, 2.45) is 0 Å². The van der Waals surface area contributed by atoms with Gasteiger partial charge in [-0.05, 0) is 49.9 Å². The molecule has 5 heteroatoms. The summed E-state index contributed by atoms with van der Waals surface area (Å²) in [6.07, 6.45) is 0.938. The molecule has 1 amide bonds. The van der Waals surface area contributed by atoms with Gasteiger partial charge >= 0.3 is 5.97 Å². The number of carboxylic acids is 1. The van der Waals surface area contributed by atoms with Crippen molar-refractivity contribution in [3.63, 3.8) is 0 Å². The summed E-state index contributed by atoms with van der Waals surface area (Å²) in [5.41, 5.74) is 1.19. The summed E-state index contributed by atoms with van der Waals surface area (Å²) in [5, 5.41) is 11.9. The van der Waals surface area contributed by atoms with Crippen LogP contribution in [0.1, 0.15) is 34.3 Å². The molecule has 2 N–H and O–H groups in total. The molecule has 1 aliphatic carbocycles. The van der Waals surface area contributed by atoms with E-state index in [1.165, 1.54) is 0 Å². The Morgan fingerprint density at radius 1 is 1.28 bits per heavy atom. The van der Waals surface area contributed by atoms with Crippen molar-refractivity contribution in [2.75, 3.05) is 0 Å². The van der Waals surface area contributed by atoms with E-state index in [0.29, 0.717) is 23.4 Å². The molecule has 1 saturated carbocycles. The molecule has 0 aromatic heterocycles. The molecule has 1 fully saturated rings. The lowest BCUT2D eigenvalue weighted by atomic mass is 10.1. The second-order valence-corrected chi connectivity index (χ2v) is 5.16. The SMILES string of the molecule is Cc1cc(Cl)c(C(=O)NC2(C(=O)O)CC2)cc1C. The third-order valence-electron chi connectivity index (χ3n) is 3.34. The van der Waals surface area contributed by atoms with Gasteiger partial charge in [0, 0.05) is 0 Å². The molecule has 18 heavy (non-hydrogen) atoms. The molecule has 0 saturated heterocycles. The van der Waals surface area contributed by atoms with Gasteiger partial charge in [0.25, 0.3) is 5.91 Å². The zero-order valence-electron chi connectivity index (χ0n) is 10.2. The maximum atomic E-state index is 12.0. The molecule has 1 aromatic rings. The van der Waals surface area contributed by atoms with E-state index < -0.39 is 17.4 Å². The molecular weight excluding hydrogens is 254 g/mol. The van der Waals surface area contributed by atoms with Crippen LogP contribution in [0.5, 0.6) is 0 Å². The summed E-state index contributed by atoms with van der Waals surface area (Å²) in [6, 6.07) is 3.40. The van der Waals surface area contributed by atoms with Crippen LogP contribution < -0.4 is 5.32 Å². The van der Waals surface area contributed by atoms with Gasteiger partial charge in [0.1, 0.15) is 5.54 Å². The number of aryl methyl sites for hydroxylation is 2. The Bertz CT molecular complexity index is 535. The highest BCUT2D eigenvalue weighted by molar-refractivity contribution is 6.34. The first-order valence-corrected chi connectivity index (χ1v) is 6.06. The summed E-state index contributed by atoms with van der Waals surface area (Å²) >= 11 is 6.02. The number of rotatable bonds is 3. The van der Waals surface area contributed by atoms with Gasteiger partial charge in [0.15, 0.2) is 0 Å². The maximum Gasteiger partial charge on any atom is 0.329 e. The van der Waals surface area contributed by atoms with Crippen LogP contribution in [0, 0.1) is 13.8 Å². The zero-order valence-corrected chi connectivity index (χ0v) is 11.0. The molecule has 0 spiro atoms. The average Bonchev–Trinajstić information content (AvgIpc) is 3.04.